The van der Waals surface area contributed by atoms with Crippen LogP contribution in [0.2, 0.25) is 0 Å². The van der Waals surface area contributed by atoms with Crippen LogP contribution in [0.4, 0.5) is 0 Å². The van der Waals surface area contributed by atoms with Gasteiger partial charge in [-0.2, -0.15) is 0 Å². The Hall–Kier alpha value is -0.0800. The van der Waals surface area contributed by atoms with Crippen LogP contribution in [-0.4, -0.2) is 30.6 Å². The molecule has 1 rings (SSSR count). The maximum Gasteiger partial charge on any atom is 0.0193 e. The molecule has 2 nitrogen and oxygen atoms in total. The van der Waals surface area contributed by atoms with Crippen molar-refractivity contribution >= 4 is 0 Å². The summed E-state index contributed by atoms with van der Waals surface area (Å²) in [7, 11) is 0. The maximum absolute atomic E-state index is 6.25. The topological polar surface area (TPSA) is 29.3 Å². The first-order valence-corrected chi connectivity index (χ1v) is 7.54. The number of nitrogens with two attached hydrogens (primary N) is 1. The van der Waals surface area contributed by atoms with E-state index in [9.17, 15) is 0 Å². The van der Waals surface area contributed by atoms with Gasteiger partial charge in [-0.3, -0.25) is 0 Å². The third-order valence-electron chi connectivity index (χ3n) is 5.26. The summed E-state index contributed by atoms with van der Waals surface area (Å²) < 4.78 is 0. The summed E-state index contributed by atoms with van der Waals surface area (Å²) in [6, 6.07) is 0.357. The molecule has 2 N–H and O–H groups in total. The summed E-state index contributed by atoms with van der Waals surface area (Å²) in [5.74, 6) is 0.652. The second-order valence-corrected chi connectivity index (χ2v) is 6.06. The van der Waals surface area contributed by atoms with Gasteiger partial charge in [-0.1, -0.05) is 47.0 Å². The van der Waals surface area contributed by atoms with Gasteiger partial charge in [-0.05, 0) is 37.3 Å². The van der Waals surface area contributed by atoms with Crippen molar-refractivity contribution in [2.75, 3.05) is 19.6 Å². The molecule has 0 amide bonds. The lowest BCUT2D eigenvalue weighted by atomic mass is 9.74. The highest BCUT2D eigenvalue weighted by Crippen LogP contribution is 2.37. The fourth-order valence-electron chi connectivity index (χ4n) is 2.95. The lowest BCUT2D eigenvalue weighted by Crippen LogP contribution is -2.46. The van der Waals surface area contributed by atoms with Crippen molar-refractivity contribution in [1.82, 2.24) is 4.90 Å². The Morgan fingerprint density at radius 3 is 2.06 bits per heavy atom. The molecule has 0 radical (unpaired) electrons. The smallest absolute Gasteiger partial charge is 0.0193 e. The first-order valence-electron chi connectivity index (χ1n) is 7.54. The average molecular weight is 240 g/mol. The molecule has 0 aromatic rings. The highest BCUT2D eigenvalue weighted by molar-refractivity contribution is 4.85. The van der Waals surface area contributed by atoms with Crippen LogP contribution >= 0.6 is 0 Å². The Bertz CT molecular complexity index is 201. The molecule has 17 heavy (non-hydrogen) atoms. The van der Waals surface area contributed by atoms with E-state index in [1.165, 1.54) is 45.2 Å². The van der Waals surface area contributed by atoms with E-state index in [0.29, 0.717) is 17.4 Å². The minimum Gasteiger partial charge on any atom is -0.326 e. The quantitative estimate of drug-likeness (QED) is 0.772. The van der Waals surface area contributed by atoms with E-state index in [1.54, 1.807) is 0 Å². The molecule has 1 fully saturated rings. The highest BCUT2D eigenvalue weighted by Gasteiger charge is 2.31. The van der Waals surface area contributed by atoms with E-state index >= 15 is 0 Å². The highest BCUT2D eigenvalue weighted by atomic mass is 15.1. The molecule has 2 unspecified atom stereocenters. The maximum atomic E-state index is 6.25. The zero-order valence-electron chi connectivity index (χ0n) is 12.3. The number of hydrogen-bond donors (Lipinski definition) is 1. The number of rotatable bonds is 6. The summed E-state index contributed by atoms with van der Waals surface area (Å²) in [4.78, 5) is 2.58. The summed E-state index contributed by atoms with van der Waals surface area (Å²) >= 11 is 0. The van der Waals surface area contributed by atoms with Crippen molar-refractivity contribution in [3.63, 3.8) is 0 Å². The van der Waals surface area contributed by atoms with Gasteiger partial charge < -0.3 is 10.6 Å². The third kappa shape index (κ3) is 3.96. The van der Waals surface area contributed by atoms with Gasteiger partial charge in [0.1, 0.15) is 0 Å². The predicted octanol–water partition coefficient (Wildman–Crippen LogP) is 3.26. The molecule has 0 spiro atoms. The van der Waals surface area contributed by atoms with E-state index in [0.717, 1.165) is 6.54 Å². The van der Waals surface area contributed by atoms with Crippen LogP contribution in [0.1, 0.15) is 59.8 Å². The fraction of sp³-hybridized carbons (Fsp3) is 1.00. The first-order chi connectivity index (χ1) is 8.06. The molecular formula is C15H32N2. The number of likely N-dealkylation sites (tertiary alicyclic amines) is 1. The van der Waals surface area contributed by atoms with E-state index in [4.69, 9.17) is 5.73 Å². The van der Waals surface area contributed by atoms with E-state index in [1.807, 2.05) is 0 Å². The van der Waals surface area contributed by atoms with Gasteiger partial charge >= 0.3 is 0 Å². The van der Waals surface area contributed by atoms with Crippen LogP contribution in [0, 0.1) is 11.3 Å². The van der Waals surface area contributed by atoms with Gasteiger partial charge in [0.15, 0.2) is 0 Å². The Balaban J connectivity index is 2.37. The van der Waals surface area contributed by atoms with Crippen molar-refractivity contribution in [3.8, 4) is 0 Å². The molecule has 1 saturated heterocycles. The Morgan fingerprint density at radius 2 is 1.65 bits per heavy atom. The standard InChI is InChI=1S/C15H32N2/c1-5-13(4)14(16)12-17-10-8-15(6-2,7-3)9-11-17/h13-14H,5-12,16H2,1-4H3. The van der Waals surface area contributed by atoms with E-state index < -0.39 is 0 Å². The summed E-state index contributed by atoms with van der Waals surface area (Å²) in [6.45, 7) is 12.8. The summed E-state index contributed by atoms with van der Waals surface area (Å²) in [5, 5.41) is 0. The minimum absolute atomic E-state index is 0.357. The van der Waals surface area contributed by atoms with Crippen molar-refractivity contribution < 1.29 is 0 Å². The average Bonchev–Trinajstić information content (AvgIpc) is 2.39. The summed E-state index contributed by atoms with van der Waals surface area (Å²) in [5.41, 5.74) is 6.89. The van der Waals surface area contributed by atoms with E-state index in [2.05, 4.69) is 32.6 Å². The van der Waals surface area contributed by atoms with Crippen molar-refractivity contribution in [3.05, 3.63) is 0 Å². The second kappa shape index (κ2) is 6.75. The molecule has 102 valence electrons. The molecule has 1 aliphatic heterocycles. The Labute approximate surface area is 108 Å². The van der Waals surface area contributed by atoms with Crippen LogP contribution in [-0.2, 0) is 0 Å². The monoisotopic (exact) mass is 240 g/mol. The molecule has 0 aliphatic carbocycles. The van der Waals surface area contributed by atoms with Crippen molar-refractivity contribution in [2.45, 2.75) is 65.8 Å². The van der Waals surface area contributed by atoms with Crippen molar-refractivity contribution in [1.29, 1.82) is 0 Å². The zero-order valence-corrected chi connectivity index (χ0v) is 12.3. The molecule has 0 saturated carbocycles. The Kier molecular flexibility index (Phi) is 5.94. The molecule has 2 heteroatoms. The lowest BCUT2D eigenvalue weighted by Gasteiger charge is -2.42. The second-order valence-electron chi connectivity index (χ2n) is 6.06. The normalized spacial score (nSPS) is 24.5. The molecule has 0 bridgehead atoms. The third-order valence-corrected chi connectivity index (χ3v) is 5.26. The van der Waals surface area contributed by atoms with Crippen LogP contribution in [0.3, 0.4) is 0 Å². The van der Waals surface area contributed by atoms with Crippen LogP contribution in [0.25, 0.3) is 0 Å². The fourth-order valence-corrected chi connectivity index (χ4v) is 2.95. The van der Waals surface area contributed by atoms with Gasteiger partial charge in [0.05, 0.1) is 0 Å². The molecule has 0 aromatic heterocycles. The van der Waals surface area contributed by atoms with Crippen LogP contribution in [0.5, 0.6) is 0 Å². The van der Waals surface area contributed by atoms with Crippen LogP contribution in [0.15, 0.2) is 0 Å². The van der Waals surface area contributed by atoms with Crippen LogP contribution < -0.4 is 5.73 Å². The minimum atomic E-state index is 0.357. The van der Waals surface area contributed by atoms with Crippen molar-refractivity contribution in [2.24, 2.45) is 17.1 Å². The molecular weight excluding hydrogens is 208 g/mol. The van der Waals surface area contributed by atoms with Gasteiger partial charge in [0, 0.05) is 12.6 Å². The van der Waals surface area contributed by atoms with E-state index in [-0.39, 0.29) is 0 Å². The lowest BCUT2D eigenvalue weighted by molar-refractivity contribution is 0.0871. The number of nitrogens with zero attached hydrogens (tertiary/aromatic N) is 1. The molecule has 0 aromatic carbocycles. The molecule has 1 aliphatic rings. The van der Waals surface area contributed by atoms with Gasteiger partial charge in [0.25, 0.3) is 0 Å². The SMILES string of the molecule is CCC(C)C(N)CN1CCC(CC)(CC)CC1. The summed E-state index contributed by atoms with van der Waals surface area (Å²) in [6.07, 6.45) is 6.62. The predicted molar refractivity (Wildman–Crippen MR) is 76.1 cm³/mol. The number of hydrogen-bond acceptors (Lipinski definition) is 2. The number of piperidine rings is 1. The van der Waals surface area contributed by atoms with Gasteiger partial charge in [0.2, 0.25) is 0 Å². The zero-order chi connectivity index (χ0) is 12.9. The van der Waals surface area contributed by atoms with Gasteiger partial charge in [-0.25, -0.2) is 0 Å². The largest absolute Gasteiger partial charge is 0.326 e. The van der Waals surface area contributed by atoms with Gasteiger partial charge in [-0.15, -0.1) is 0 Å². The Morgan fingerprint density at radius 1 is 1.12 bits per heavy atom. The molecule has 2 atom stereocenters. The molecule has 1 heterocycles. The first kappa shape index (κ1) is 15.0.